The lowest BCUT2D eigenvalue weighted by Gasteiger charge is -2.22. The van der Waals surface area contributed by atoms with Crippen molar-refractivity contribution in [3.63, 3.8) is 0 Å². The number of rotatable bonds is 4. The predicted molar refractivity (Wildman–Crippen MR) is 70.9 cm³/mol. The molecule has 0 heterocycles. The molecule has 2 rings (SSSR count). The van der Waals surface area contributed by atoms with Crippen LogP contribution in [0, 0.1) is 0 Å². The molecule has 0 radical (unpaired) electrons. The molecule has 0 bridgehead atoms. The average Bonchev–Trinajstić information content (AvgIpc) is 2.40. The van der Waals surface area contributed by atoms with Crippen LogP contribution in [-0.4, -0.2) is 0 Å². The largest absolute Gasteiger partial charge is 0.266 e. The first-order valence-corrected chi connectivity index (χ1v) is 6.85. The summed E-state index contributed by atoms with van der Waals surface area (Å²) < 4.78 is 23.8. The van der Waals surface area contributed by atoms with Crippen LogP contribution >= 0.6 is 0 Å². The molecular weight excluding hydrogens is 230 g/mol. The molecule has 1 aliphatic carbocycles. The van der Waals surface area contributed by atoms with Crippen molar-refractivity contribution in [1.82, 2.24) is 0 Å². The Hall–Kier alpha value is -1.18. The van der Waals surface area contributed by atoms with Gasteiger partial charge in [-0.05, 0) is 48.8 Å². The van der Waals surface area contributed by atoms with Crippen LogP contribution < -0.4 is 0 Å². The topological polar surface area (TPSA) is 0 Å². The summed E-state index contributed by atoms with van der Waals surface area (Å²) in [5.41, 5.74) is 2.57. The van der Waals surface area contributed by atoms with Crippen LogP contribution in [0.3, 0.4) is 0 Å². The van der Waals surface area contributed by atoms with E-state index in [9.17, 15) is 8.78 Å². The highest BCUT2D eigenvalue weighted by atomic mass is 19.3. The van der Waals surface area contributed by atoms with E-state index in [0.717, 1.165) is 17.6 Å². The number of hydrogen-bond donors (Lipinski definition) is 0. The lowest BCUT2D eigenvalue weighted by atomic mass is 9.84. The molecule has 1 aliphatic rings. The first-order valence-electron chi connectivity index (χ1n) is 6.85. The average molecular weight is 250 g/mol. The highest BCUT2D eigenvalue weighted by Crippen LogP contribution is 2.32. The van der Waals surface area contributed by atoms with Gasteiger partial charge in [-0.3, -0.25) is 0 Å². The number of halogens is 2. The van der Waals surface area contributed by atoms with E-state index in [1.54, 1.807) is 0 Å². The predicted octanol–water partition coefficient (Wildman–Crippen LogP) is 5.45. The molecule has 0 aliphatic heterocycles. The maximum Gasteiger partial charge on any atom is 0.266 e. The third-order valence-electron chi connectivity index (χ3n) is 3.79. The fourth-order valence-electron chi connectivity index (χ4n) is 2.74. The van der Waals surface area contributed by atoms with Crippen molar-refractivity contribution in [2.75, 3.05) is 0 Å². The standard InChI is InChI=1S/C16H20F2/c17-16(18)8-4-5-13-9-11-15(12-10-13)14-6-2-1-3-7-14/h8-12,14H,1-7H2. The van der Waals surface area contributed by atoms with Crippen LogP contribution in [0.1, 0.15) is 55.6 Å². The molecule has 1 aromatic carbocycles. The second kappa shape index (κ2) is 6.67. The van der Waals surface area contributed by atoms with Crippen LogP contribution in [0.25, 0.3) is 0 Å². The fourth-order valence-corrected chi connectivity index (χ4v) is 2.74. The van der Waals surface area contributed by atoms with Gasteiger partial charge < -0.3 is 0 Å². The highest BCUT2D eigenvalue weighted by Gasteiger charge is 2.14. The zero-order chi connectivity index (χ0) is 12.8. The fraction of sp³-hybridized carbons (Fsp3) is 0.500. The van der Waals surface area contributed by atoms with E-state index >= 15 is 0 Å². The molecule has 98 valence electrons. The summed E-state index contributed by atoms with van der Waals surface area (Å²) in [6.45, 7) is 0. The van der Waals surface area contributed by atoms with E-state index < -0.39 is 6.08 Å². The van der Waals surface area contributed by atoms with Gasteiger partial charge in [-0.2, -0.15) is 8.78 Å². The maximum absolute atomic E-state index is 11.9. The van der Waals surface area contributed by atoms with Gasteiger partial charge >= 0.3 is 0 Å². The second-order valence-corrected chi connectivity index (χ2v) is 5.11. The Labute approximate surface area is 108 Å². The van der Waals surface area contributed by atoms with E-state index in [0.29, 0.717) is 12.8 Å². The molecule has 0 aromatic heterocycles. The first kappa shape index (κ1) is 13.3. The van der Waals surface area contributed by atoms with E-state index in [2.05, 4.69) is 24.3 Å². The van der Waals surface area contributed by atoms with Gasteiger partial charge in [0, 0.05) is 0 Å². The van der Waals surface area contributed by atoms with Crippen molar-refractivity contribution in [2.45, 2.75) is 50.9 Å². The Bertz CT molecular complexity index is 382. The third-order valence-corrected chi connectivity index (χ3v) is 3.79. The Morgan fingerprint density at radius 1 is 1.06 bits per heavy atom. The van der Waals surface area contributed by atoms with Crippen molar-refractivity contribution in [3.8, 4) is 0 Å². The van der Waals surface area contributed by atoms with Crippen molar-refractivity contribution in [3.05, 3.63) is 47.5 Å². The zero-order valence-electron chi connectivity index (χ0n) is 10.7. The Morgan fingerprint density at radius 2 is 1.72 bits per heavy atom. The minimum Gasteiger partial charge on any atom is -0.174 e. The molecule has 0 nitrogen and oxygen atoms in total. The van der Waals surface area contributed by atoms with Gasteiger partial charge in [0.05, 0.1) is 0 Å². The molecule has 0 N–H and O–H groups in total. The van der Waals surface area contributed by atoms with Crippen LogP contribution in [0.2, 0.25) is 0 Å². The normalized spacial score (nSPS) is 16.6. The summed E-state index contributed by atoms with van der Waals surface area (Å²) in [7, 11) is 0. The number of aryl methyl sites for hydroxylation is 1. The molecule has 1 aromatic rings. The molecule has 0 amide bonds. The Balaban J connectivity index is 1.90. The van der Waals surface area contributed by atoms with E-state index in [-0.39, 0.29) is 0 Å². The van der Waals surface area contributed by atoms with Crippen molar-refractivity contribution >= 4 is 0 Å². The van der Waals surface area contributed by atoms with E-state index in [4.69, 9.17) is 0 Å². The first-order chi connectivity index (χ1) is 8.75. The summed E-state index contributed by atoms with van der Waals surface area (Å²) in [4.78, 5) is 0. The third kappa shape index (κ3) is 3.94. The van der Waals surface area contributed by atoms with Crippen LogP contribution in [0.4, 0.5) is 8.78 Å². The summed E-state index contributed by atoms with van der Waals surface area (Å²) in [6.07, 6.45) is 7.19. The molecular formula is C16H20F2. The smallest absolute Gasteiger partial charge is 0.174 e. The lowest BCUT2D eigenvalue weighted by Crippen LogP contribution is -2.04. The lowest BCUT2D eigenvalue weighted by molar-refractivity contribution is 0.417. The molecule has 2 heteroatoms. The summed E-state index contributed by atoms with van der Waals surface area (Å²) in [6, 6.07) is 8.55. The Morgan fingerprint density at radius 3 is 2.33 bits per heavy atom. The van der Waals surface area contributed by atoms with Gasteiger partial charge in [-0.15, -0.1) is 0 Å². The van der Waals surface area contributed by atoms with Gasteiger partial charge in [0.25, 0.3) is 6.08 Å². The molecule has 1 fully saturated rings. The minimum atomic E-state index is -1.58. The molecule has 1 saturated carbocycles. The summed E-state index contributed by atoms with van der Waals surface area (Å²) in [5.74, 6) is 0.719. The second-order valence-electron chi connectivity index (χ2n) is 5.11. The van der Waals surface area contributed by atoms with Gasteiger partial charge in [-0.1, -0.05) is 43.5 Å². The minimum absolute atomic E-state index is 0.422. The van der Waals surface area contributed by atoms with E-state index in [1.807, 2.05) is 0 Å². The summed E-state index contributed by atoms with van der Waals surface area (Å²) in [5, 5.41) is 0. The quantitative estimate of drug-likeness (QED) is 0.666. The van der Waals surface area contributed by atoms with Gasteiger partial charge in [-0.25, -0.2) is 0 Å². The SMILES string of the molecule is FC(F)=CCCc1ccc(C2CCCCC2)cc1. The van der Waals surface area contributed by atoms with E-state index in [1.165, 1.54) is 37.7 Å². The van der Waals surface area contributed by atoms with Crippen LogP contribution in [0.5, 0.6) is 0 Å². The maximum atomic E-state index is 11.9. The van der Waals surface area contributed by atoms with Gasteiger partial charge in [0.2, 0.25) is 0 Å². The zero-order valence-corrected chi connectivity index (χ0v) is 10.7. The van der Waals surface area contributed by atoms with Gasteiger partial charge in [0.15, 0.2) is 0 Å². The van der Waals surface area contributed by atoms with Crippen molar-refractivity contribution in [2.24, 2.45) is 0 Å². The molecule has 0 atom stereocenters. The molecule has 0 spiro atoms. The number of hydrogen-bond acceptors (Lipinski definition) is 0. The monoisotopic (exact) mass is 250 g/mol. The van der Waals surface area contributed by atoms with Crippen molar-refractivity contribution in [1.29, 1.82) is 0 Å². The Kier molecular flexibility index (Phi) is 4.91. The molecule has 18 heavy (non-hydrogen) atoms. The number of allylic oxidation sites excluding steroid dienone is 1. The van der Waals surface area contributed by atoms with Crippen LogP contribution in [0.15, 0.2) is 36.4 Å². The summed E-state index contributed by atoms with van der Waals surface area (Å²) >= 11 is 0. The van der Waals surface area contributed by atoms with Crippen molar-refractivity contribution < 1.29 is 8.78 Å². The van der Waals surface area contributed by atoms with Crippen LogP contribution in [-0.2, 0) is 6.42 Å². The highest BCUT2D eigenvalue weighted by molar-refractivity contribution is 5.26. The molecule has 0 saturated heterocycles. The molecule has 0 unspecified atom stereocenters. The number of benzene rings is 1. The van der Waals surface area contributed by atoms with Gasteiger partial charge in [0.1, 0.15) is 0 Å².